The number of aromatic amines is 1. The Hall–Kier alpha value is -3.55. The molecule has 2 aromatic carbocycles. The molecule has 1 amide bonds. The minimum Gasteiger partial charge on any atom is -0.451 e. The van der Waals surface area contributed by atoms with Crippen molar-refractivity contribution >= 4 is 22.6 Å². The molecule has 8 heteroatoms. The Morgan fingerprint density at radius 1 is 1.08 bits per heavy atom. The van der Waals surface area contributed by atoms with Crippen LogP contribution in [0, 0.1) is 5.82 Å². The van der Waals surface area contributed by atoms with Gasteiger partial charge in [0, 0.05) is 17.5 Å². The van der Waals surface area contributed by atoms with Crippen molar-refractivity contribution < 1.29 is 18.7 Å². The average Bonchev–Trinajstić information content (AvgIpc) is 2.66. The second-order valence-electron chi connectivity index (χ2n) is 5.39. The third-order valence-corrected chi connectivity index (χ3v) is 3.66. The van der Waals surface area contributed by atoms with Crippen LogP contribution in [-0.4, -0.2) is 28.7 Å². The summed E-state index contributed by atoms with van der Waals surface area (Å²) in [7, 11) is 0. The normalized spacial score (nSPS) is 10.5. The van der Waals surface area contributed by atoms with Crippen molar-refractivity contribution in [2.75, 3.05) is 6.61 Å². The smallest absolute Gasteiger partial charge is 0.359 e. The summed E-state index contributed by atoms with van der Waals surface area (Å²) in [6.45, 7) is -0.578. The van der Waals surface area contributed by atoms with Crippen molar-refractivity contribution in [2.24, 2.45) is 0 Å². The summed E-state index contributed by atoms with van der Waals surface area (Å²) in [5, 5.41) is 8.99. The quantitative estimate of drug-likeness (QED) is 0.676. The first-order valence-electron chi connectivity index (χ1n) is 7.71. The summed E-state index contributed by atoms with van der Waals surface area (Å²) < 4.78 is 18.4. The molecule has 0 atom stereocenters. The molecule has 3 aromatic rings. The maximum Gasteiger partial charge on any atom is 0.359 e. The van der Waals surface area contributed by atoms with E-state index < -0.39 is 29.9 Å². The third-order valence-electron chi connectivity index (χ3n) is 3.66. The molecule has 1 aromatic heterocycles. The van der Waals surface area contributed by atoms with Gasteiger partial charge < -0.3 is 10.1 Å². The molecule has 0 saturated heterocycles. The minimum absolute atomic E-state index is 0.0249. The minimum atomic E-state index is -0.849. The van der Waals surface area contributed by atoms with Crippen LogP contribution in [0.15, 0.2) is 53.3 Å². The Morgan fingerprint density at radius 3 is 2.54 bits per heavy atom. The highest BCUT2D eigenvalue weighted by Gasteiger charge is 2.16. The number of esters is 1. The molecule has 0 radical (unpaired) electrons. The Labute approximate surface area is 146 Å². The Kier molecular flexibility index (Phi) is 5.02. The summed E-state index contributed by atoms with van der Waals surface area (Å²) in [6.07, 6.45) is 0. The van der Waals surface area contributed by atoms with E-state index in [1.807, 2.05) is 0 Å². The fourth-order valence-corrected chi connectivity index (χ4v) is 2.36. The molecular weight excluding hydrogens is 341 g/mol. The molecule has 7 nitrogen and oxygen atoms in total. The standard InChI is InChI=1S/C18H14FN3O4/c19-14-8-4-1-5-11(14)9-20-15(23)10-26-18(25)16-12-6-2-3-7-13(12)17(24)22-21-16/h1-8H,9-10H2,(H,20,23)(H,22,24). The van der Waals surface area contributed by atoms with Gasteiger partial charge in [-0.15, -0.1) is 0 Å². The third kappa shape index (κ3) is 3.75. The van der Waals surface area contributed by atoms with Crippen LogP contribution in [-0.2, 0) is 16.1 Å². The molecule has 0 fully saturated rings. The van der Waals surface area contributed by atoms with Gasteiger partial charge in [-0.3, -0.25) is 9.59 Å². The number of benzene rings is 2. The van der Waals surface area contributed by atoms with Crippen molar-refractivity contribution in [2.45, 2.75) is 6.54 Å². The molecule has 0 aliphatic heterocycles. The fraction of sp³-hybridized carbons (Fsp3) is 0.111. The zero-order valence-electron chi connectivity index (χ0n) is 13.5. The summed E-state index contributed by atoms with van der Waals surface area (Å²) in [6, 6.07) is 12.4. The van der Waals surface area contributed by atoms with Crippen LogP contribution in [0.1, 0.15) is 16.1 Å². The number of nitrogens with zero attached hydrogens (tertiary/aromatic N) is 1. The van der Waals surface area contributed by atoms with Gasteiger partial charge in [0.2, 0.25) is 0 Å². The monoisotopic (exact) mass is 355 g/mol. The van der Waals surface area contributed by atoms with Crippen molar-refractivity contribution in [1.82, 2.24) is 15.5 Å². The van der Waals surface area contributed by atoms with Crippen LogP contribution < -0.4 is 10.9 Å². The molecule has 0 saturated carbocycles. The average molecular weight is 355 g/mol. The summed E-state index contributed by atoms with van der Waals surface area (Å²) in [5.41, 5.74) is -0.206. The number of carbonyl (C=O) groups is 2. The number of halogens is 1. The van der Waals surface area contributed by atoms with Crippen LogP contribution in [0.5, 0.6) is 0 Å². The van der Waals surface area contributed by atoms with Gasteiger partial charge in [0.15, 0.2) is 12.3 Å². The van der Waals surface area contributed by atoms with Gasteiger partial charge in [0.25, 0.3) is 11.5 Å². The van der Waals surface area contributed by atoms with E-state index in [1.165, 1.54) is 12.1 Å². The zero-order valence-corrected chi connectivity index (χ0v) is 13.5. The van der Waals surface area contributed by atoms with Crippen molar-refractivity contribution in [1.29, 1.82) is 0 Å². The van der Waals surface area contributed by atoms with Crippen LogP contribution in [0.4, 0.5) is 4.39 Å². The van der Waals surface area contributed by atoms with E-state index >= 15 is 0 Å². The van der Waals surface area contributed by atoms with Crippen LogP contribution in [0.25, 0.3) is 10.8 Å². The molecule has 0 aliphatic carbocycles. The molecule has 0 bridgehead atoms. The number of aromatic nitrogens is 2. The number of rotatable bonds is 5. The van der Waals surface area contributed by atoms with E-state index in [-0.39, 0.29) is 12.2 Å². The van der Waals surface area contributed by atoms with Crippen LogP contribution >= 0.6 is 0 Å². The predicted molar refractivity (Wildman–Crippen MR) is 90.9 cm³/mol. The second kappa shape index (κ2) is 7.56. The fourth-order valence-electron chi connectivity index (χ4n) is 2.36. The first kappa shape index (κ1) is 17.3. The number of ether oxygens (including phenoxy) is 1. The lowest BCUT2D eigenvalue weighted by atomic mass is 10.1. The van der Waals surface area contributed by atoms with Crippen LogP contribution in [0.3, 0.4) is 0 Å². The van der Waals surface area contributed by atoms with Gasteiger partial charge in [0.1, 0.15) is 5.82 Å². The Bertz CT molecular complexity index is 1030. The number of hydrogen-bond acceptors (Lipinski definition) is 5. The molecule has 3 rings (SSSR count). The molecule has 0 spiro atoms. The van der Waals surface area contributed by atoms with Gasteiger partial charge in [0.05, 0.1) is 5.39 Å². The molecule has 1 heterocycles. The summed E-state index contributed by atoms with van der Waals surface area (Å²) in [5.74, 6) is -1.87. The lowest BCUT2D eigenvalue weighted by molar-refractivity contribution is -0.124. The summed E-state index contributed by atoms with van der Waals surface area (Å²) >= 11 is 0. The van der Waals surface area contributed by atoms with Gasteiger partial charge >= 0.3 is 5.97 Å². The lowest BCUT2D eigenvalue weighted by Gasteiger charge is -2.08. The van der Waals surface area contributed by atoms with Crippen molar-refractivity contribution in [3.63, 3.8) is 0 Å². The van der Waals surface area contributed by atoms with Crippen molar-refractivity contribution in [3.8, 4) is 0 Å². The topological polar surface area (TPSA) is 101 Å². The van der Waals surface area contributed by atoms with E-state index in [0.717, 1.165) is 0 Å². The number of amides is 1. The largest absolute Gasteiger partial charge is 0.451 e. The lowest BCUT2D eigenvalue weighted by Crippen LogP contribution is -2.29. The van der Waals surface area contributed by atoms with E-state index in [4.69, 9.17) is 4.74 Å². The molecular formula is C18H14FN3O4. The van der Waals surface area contributed by atoms with Gasteiger partial charge in [-0.1, -0.05) is 36.4 Å². The van der Waals surface area contributed by atoms with Gasteiger partial charge in [-0.2, -0.15) is 5.10 Å². The molecule has 26 heavy (non-hydrogen) atoms. The SMILES string of the molecule is O=C(COC(=O)c1n[nH]c(=O)c2ccccc12)NCc1ccccc1F. The molecule has 2 N–H and O–H groups in total. The maximum absolute atomic E-state index is 13.5. The van der Waals surface area contributed by atoms with Gasteiger partial charge in [-0.25, -0.2) is 14.3 Å². The van der Waals surface area contributed by atoms with E-state index in [2.05, 4.69) is 15.5 Å². The first-order valence-corrected chi connectivity index (χ1v) is 7.71. The highest BCUT2D eigenvalue weighted by molar-refractivity contribution is 6.02. The highest BCUT2D eigenvalue weighted by atomic mass is 19.1. The molecule has 0 aliphatic rings. The number of carbonyl (C=O) groups excluding carboxylic acids is 2. The zero-order chi connectivity index (χ0) is 18.5. The van der Waals surface area contributed by atoms with Crippen molar-refractivity contribution in [3.05, 3.63) is 76.0 Å². The number of H-pyrrole nitrogens is 1. The molecule has 132 valence electrons. The summed E-state index contributed by atoms with van der Waals surface area (Å²) in [4.78, 5) is 35.7. The Morgan fingerprint density at radius 2 is 1.77 bits per heavy atom. The number of nitrogens with one attached hydrogen (secondary N) is 2. The molecule has 0 unspecified atom stereocenters. The van der Waals surface area contributed by atoms with E-state index in [0.29, 0.717) is 16.3 Å². The van der Waals surface area contributed by atoms with E-state index in [1.54, 1.807) is 36.4 Å². The predicted octanol–water partition coefficient (Wildman–Crippen LogP) is 1.54. The number of fused-ring (bicyclic) bond motifs is 1. The van der Waals surface area contributed by atoms with Crippen LogP contribution in [0.2, 0.25) is 0 Å². The second-order valence-corrected chi connectivity index (χ2v) is 5.39. The number of hydrogen-bond donors (Lipinski definition) is 2. The van der Waals surface area contributed by atoms with E-state index in [9.17, 15) is 18.8 Å². The highest BCUT2D eigenvalue weighted by Crippen LogP contribution is 2.13. The maximum atomic E-state index is 13.5. The van der Waals surface area contributed by atoms with Gasteiger partial charge in [-0.05, 0) is 12.1 Å². The first-order chi connectivity index (χ1) is 12.6. The Balaban J connectivity index is 1.62.